The minimum absolute atomic E-state index is 0.138. The average molecular weight is 348 g/mol. The van der Waals surface area contributed by atoms with Gasteiger partial charge >= 0.3 is 5.97 Å². The van der Waals surface area contributed by atoms with Gasteiger partial charge < -0.3 is 15.7 Å². The molecule has 0 atom stereocenters. The minimum atomic E-state index is -0.794. The van der Waals surface area contributed by atoms with Crippen LogP contribution in [0, 0.1) is 17.6 Å². The first-order chi connectivity index (χ1) is 11.9. The van der Waals surface area contributed by atoms with Gasteiger partial charge in [-0.15, -0.1) is 10.2 Å². The summed E-state index contributed by atoms with van der Waals surface area (Å²) < 4.78 is 27.1. The third-order valence-electron chi connectivity index (χ3n) is 4.43. The maximum absolute atomic E-state index is 14.0. The molecule has 1 aliphatic rings. The van der Waals surface area contributed by atoms with Crippen molar-refractivity contribution in [3.63, 3.8) is 0 Å². The fourth-order valence-electron chi connectivity index (χ4n) is 3.10. The maximum Gasteiger partial charge on any atom is 0.303 e. The SMILES string of the molecule is Nc1nnc(-c2ccc(F)cc2F)cc1N1CCC(CC(=O)O)CC1. The fourth-order valence-corrected chi connectivity index (χ4v) is 3.10. The summed E-state index contributed by atoms with van der Waals surface area (Å²) in [6.45, 7) is 1.28. The van der Waals surface area contributed by atoms with E-state index in [1.807, 2.05) is 4.90 Å². The van der Waals surface area contributed by atoms with Crippen LogP contribution in [0.15, 0.2) is 24.3 Å². The molecular formula is C17H18F2N4O2. The number of anilines is 2. The van der Waals surface area contributed by atoms with Crippen molar-refractivity contribution in [2.24, 2.45) is 5.92 Å². The van der Waals surface area contributed by atoms with Crippen LogP contribution in [0.25, 0.3) is 11.3 Å². The van der Waals surface area contributed by atoms with Gasteiger partial charge in [0.1, 0.15) is 11.6 Å². The van der Waals surface area contributed by atoms with Crippen LogP contribution in [0.5, 0.6) is 0 Å². The Morgan fingerprint density at radius 1 is 1.24 bits per heavy atom. The first kappa shape index (κ1) is 17.1. The molecule has 1 fully saturated rings. The van der Waals surface area contributed by atoms with Gasteiger partial charge in [0.15, 0.2) is 5.82 Å². The van der Waals surface area contributed by atoms with Crippen LogP contribution in [-0.4, -0.2) is 34.4 Å². The van der Waals surface area contributed by atoms with Gasteiger partial charge in [-0.1, -0.05) is 0 Å². The zero-order valence-electron chi connectivity index (χ0n) is 13.5. The summed E-state index contributed by atoms with van der Waals surface area (Å²) >= 11 is 0. The van der Waals surface area contributed by atoms with E-state index in [-0.39, 0.29) is 29.4 Å². The Labute approximate surface area is 143 Å². The number of benzene rings is 1. The lowest BCUT2D eigenvalue weighted by Gasteiger charge is -2.33. The number of nitrogens with zero attached hydrogens (tertiary/aromatic N) is 3. The summed E-state index contributed by atoms with van der Waals surface area (Å²) in [4.78, 5) is 12.8. The van der Waals surface area contributed by atoms with E-state index in [2.05, 4.69) is 10.2 Å². The number of carboxylic acid groups (broad SMARTS) is 1. The van der Waals surface area contributed by atoms with E-state index in [1.54, 1.807) is 6.07 Å². The number of aliphatic carboxylic acids is 1. The highest BCUT2D eigenvalue weighted by atomic mass is 19.1. The lowest BCUT2D eigenvalue weighted by molar-refractivity contribution is -0.138. The summed E-state index contributed by atoms with van der Waals surface area (Å²) in [5.41, 5.74) is 6.96. The van der Waals surface area contributed by atoms with Gasteiger partial charge in [-0.05, 0) is 37.0 Å². The fraction of sp³-hybridized carbons (Fsp3) is 0.353. The molecule has 2 aromatic rings. The second-order valence-corrected chi connectivity index (χ2v) is 6.15. The Balaban J connectivity index is 1.82. The van der Waals surface area contributed by atoms with Crippen LogP contribution >= 0.6 is 0 Å². The molecule has 0 aliphatic carbocycles. The normalized spacial score (nSPS) is 15.4. The number of rotatable bonds is 4. The summed E-state index contributed by atoms with van der Waals surface area (Å²) in [6.07, 6.45) is 1.62. The molecule has 8 heteroatoms. The van der Waals surface area contributed by atoms with Crippen molar-refractivity contribution in [3.8, 4) is 11.3 Å². The van der Waals surface area contributed by atoms with E-state index in [4.69, 9.17) is 10.8 Å². The highest BCUT2D eigenvalue weighted by molar-refractivity contribution is 5.71. The molecule has 3 N–H and O–H groups in total. The van der Waals surface area contributed by atoms with Gasteiger partial charge in [-0.2, -0.15) is 0 Å². The number of aromatic nitrogens is 2. The molecule has 0 unspecified atom stereocenters. The highest BCUT2D eigenvalue weighted by Crippen LogP contribution is 2.31. The molecule has 3 rings (SSSR count). The zero-order chi connectivity index (χ0) is 18.0. The van der Waals surface area contributed by atoms with Crippen LogP contribution in [-0.2, 0) is 4.79 Å². The van der Waals surface area contributed by atoms with E-state index < -0.39 is 17.6 Å². The Bertz CT molecular complexity index is 792. The topological polar surface area (TPSA) is 92.3 Å². The first-order valence-corrected chi connectivity index (χ1v) is 7.99. The van der Waals surface area contributed by atoms with Crippen LogP contribution in [0.3, 0.4) is 0 Å². The monoisotopic (exact) mass is 348 g/mol. The highest BCUT2D eigenvalue weighted by Gasteiger charge is 2.23. The number of halogens is 2. The second kappa shape index (κ2) is 7.00. The predicted molar refractivity (Wildman–Crippen MR) is 89.0 cm³/mol. The van der Waals surface area contributed by atoms with E-state index in [1.165, 1.54) is 6.07 Å². The molecule has 1 aromatic heterocycles. The lowest BCUT2D eigenvalue weighted by atomic mass is 9.93. The lowest BCUT2D eigenvalue weighted by Crippen LogP contribution is -2.35. The average Bonchev–Trinajstić information content (AvgIpc) is 2.56. The summed E-state index contributed by atoms with van der Waals surface area (Å²) in [5.74, 6) is -1.81. The molecule has 132 valence electrons. The predicted octanol–water partition coefficient (Wildman–Crippen LogP) is 2.70. The van der Waals surface area contributed by atoms with E-state index in [0.29, 0.717) is 18.8 Å². The van der Waals surface area contributed by atoms with Crippen molar-refractivity contribution in [2.45, 2.75) is 19.3 Å². The Kier molecular flexibility index (Phi) is 4.78. The Morgan fingerprint density at radius 3 is 2.60 bits per heavy atom. The zero-order valence-corrected chi connectivity index (χ0v) is 13.5. The van der Waals surface area contributed by atoms with Crippen molar-refractivity contribution >= 4 is 17.5 Å². The molecule has 0 spiro atoms. The molecule has 0 bridgehead atoms. The van der Waals surface area contributed by atoms with Crippen molar-refractivity contribution in [2.75, 3.05) is 23.7 Å². The standard InChI is InChI=1S/C17H18F2N4O2/c18-11-1-2-12(13(19)8-11)14-9-15(17(20)22-21-14)23-5-3-10(4-6-23)7-16(24)25/h1-2,8-10H,3-7H2,(H2,20,22)(H,24,25). The number of nitrogen functional groups attached to an aromatic ring is 1. The first-order valence-electron chi connectivity index (χ1n) is 7.99. The Hall–Kier alpha value is -2.77. The molecule has 1 aliphatic heterocycles. The van der Waals surface area contributed by atoms with Crippen LogP contribution < -0.4 is 10.6 Å². The smallest absolute Gasteiger partial charge is 0.303 e. The van der Waals surface area contributed by atoms with Crippen LogP contribution in [0.4, 0.5) is 20.3 Å². The molecule has 6 nitrogen and oxygen atoms in total. The minimum Gasteiger partial charge on any atom is -0.481 e. The molecule has 1 saturated heterocycles. The molecule has 25 heavy (non-hydrogen) atoms. The molecular weight excluding hydrogens is 330 g/mol. The molecule has 2 heterocycles. The van der Waals surface area contributed by atoms with Crippen LogP contribution in [0.1, 0.15) is 19.3 Å². The number of piperidine rings is 1. The van der Waals surface area contributed by atoms with Gasteiger partial charge in [0.05, 0.1) is 11.4 Å². The third-order valence-corrected chi connectivity index (χ3v) is 4.43. The van der Waals surface area contributed by atoms with Gasteiger partial charge in [0, 0.05) is 31.1 Å². The summed E-state index contributed by atoms with van der Waals surface area (Å²) in [7, 11) is 0. The van der Waals surface area contributed by atoms with Crippen molar-refractivity contribution in [1.82, 2.24) is 10.2 Å². The summed E-state index contributed by atoms with van der Waals surface area (Å²) in [5, 5.41) is 16.7. The maximum atomic E-state index is 14.0. The number of hydrogen-bond acceptors (Lipinski definition) is 5. The van der Waals surface area contributed by atoms with E-state index in [9.17, 15) is 13.6 Å². The number of nitrogens with two attached hydrogens (primary N) is 1. The summed E-state index contributed by atoms with van der Waals surface area (Å²) in [6, 6.07) is 4.90. The van der Waals surface area contributed by atoms with Gasteiger partial charge in [0.25, 0.3) is 0 Å². The molecule has 0 amide bonds. The van der Waals surface area contributed by atoms with Gasteiger partial charge in [-0.25, -0.2) is 8.78 Å². The third kappa shape index (κ3) is 3.84. The molecule has 0 radical (unpaired) electrons. The van der Waals surface area contributed by atoms with E-state index in [0.717, 1.165) is 25.0 Å². The Morgan fingerprint density at radius 2 is 1.96 bits per heavy atom. The molecule has 0 saturated carbocycles. The molecule has 1 aromatic carbocycles. The van der Waals surface area contributed by atoms with Crippen molar-refractivity contribution in [3.05, 3.63) is 35.9 Å². The number of hydrogen-bond donors (Lipinski definition) is 2. The van der Waals surface area contributed by atoms with Crippen molar-refractivity contribution in [1.29, 1.82) is 0 Å². The van der Waals surface area contributed by atoms with E-state index >= 15 is 0 Å². The quantitative estimate of drug-likeness (QED) is 0.883. The number of carbonyl (C=O) groups is 1. The van der Waals surface area contributed by atoms with Gasteiger partial charge in [-0.3, -0.25) is 4.79 Å². The van der Waals surface area contributed by atoms with Gasteiger partial charge in [0.2, 0.25) is 0 Å². The van der Waals surface area contributed by atoms with Crippen LogP contribution in [0.2, 0.25) is 0 Å². The largest absolute Gasteiger partial charge is 0.481 e. The number of carboxylic acids is 1. The second-order valence-electron chi connectivity index (χ2n) is 6.15. The van der Waals surface area contributed by atoms with Crippen molar-refractivity contribution < 1.29 is 18.7 Å².